The molecule has 0 aliphatic heterocycles. The van der Waals surface area contributed by atoms with E-state index in [9.17, 15) is 17.6 Å². The predicted octanol–water partition coefficient (Wildman–Crippen LogP) is 2.50. The van der Waals surface area contributed by atoms with E-state index in [1.807, 2.05) is 0 Å². The molecule has 0 aliphatic rings. The molecule has 6 heteroatoms. The Kier molecular flexibility index (Phi) is 3.85. The highest BCUT2D eigenvalue weighted by molar-refractivity contribution is 7.90. The first-order valence-corrected chi connectivity index (χ1v) is 7.35. The van der Waals surface area contributed by atoms with Crippen LogP contribution in [-0.2, 0) is 15.6 Å². The third kappa shape index (κ3) is 3.03. The van der Waals surface area contributed by atoms with E-state index in [4.69, 9.17) is 5.11 Å². The molecule has 0 bridgehead atoms. The van der Waals surface area contributed by atoms with Gasteiger partial charge in [0.1, 0.15) is 10.7 Å². The Morgan fingerprint density at radius 3 is 2.30 bits per heavy atom. The molecule has 0 aromatic heterocycles. The van der Waals surface area contributed by atoms with Crippen LogP contribution < -0.4 is 0 Å². The molecule has 0 atom stereocenters. The van der Waals surface area contributed by atoms with Crippen LogP contribution in [0.2, 0.25) is 0 Å². The van der Waals surface area contributed by atoms with Gasteiger partial charge in [-0.2, -0.15) is 0 Å². The smallest absolute Gasteiger partial charge is 0.335 e. The summed E-state index contributed by atoms with van der Waals surface area (Å²) in [6, 6.07) is 11.1. The van der Waals surface area contributed by atoms with E-state index in [2.05, 4.69) is 0 Å². The second-order valence-corrected chi connectivity index (χ2v) is 6.15. The van der Waals surface area contributed by atoms with Gasteiger partial charge in [-0.3, -0.25) is 0 Å². The van der Waals surface area contributed by atoms with E-state index in [1.54, 1.807) is 30.3 Å². The average molecular weight is 294 g/mol. The highest BCUT2D eigenvalue weighted by Crippen LogP contribution is 2.20. The van der Waals surface area contributed by atoms with Gasteiger partial charge in [-0.25, -0.2) is 17.6 Å². The lowest BCUT2D eigenvalue weighted by molar-refractivity contribution is 0.0696. The molecule has 0 fully saturated rings. The molecule has 0 aliphatic carbocycles. The van der Waals surface area contributed by atoms with Crippen LogP contribution in [0.5, 0.6) is 0 Å². The van der Waals surface area contributed by atoms with Gasteiger partial charge in [0.2, 0.25) is 0 Å². The monoisotopic (exact) mass is 294 g/mol. The maximum absolute atomic E-state index is 13.8. The number of carboxylic acid groups (broad SMARTS) is 1. The standard InChI is InChI=1S/C14H11FO4S/c15-12-8-11(14(16)17)6-7-13(12)20(18,19)9-10-4-2-1-3-5-10/h1-8H,9H2,(H,16,17). The van der Waals surface area contributed by atoms with Crippen LogP contribution in [-0.4, -0.2) is 19.5 Å². The Bertz CT molecular complexity index is 739. The Balaban J connectivity index is 2.37. The number of halogens is 1. The Labute approximate surface area is 115 Å². The number of aromatic carboxylic acids is 1. The largest absolute Gasteiger partial charge is 0.478 e. The van der Waals surface area contributed by atoms with E-state index in [0.29, 0.717) is 11.6 Å². The zero-order valence-corrected chi connectivity index (χ0v) is 11.1. The van der Waals surface area contributed by atoms with Gasteiger partial charge in [0.15, 0.2) is 9.84 Å². The summed E-state index contributed by atoms with van der Waals surface area (Å²) in [6.07, 6.45) is 0. The number of hydrogen-bond donors (Lipinski definition) is 1. The molecule has 2 aromatic carbocycles. The van der Waals surface area contributed by atoms with Crippen molar-refractivity contribution in [3.63, 3.8) is 0 Å². The van der Waals surface area contributed by atoms with Crippen molar-refractivity contribution in [2.75, 3.05) is 0 Å². The Morgan fingerprint density at radius 2 is 1.75 bits per heavy atom. The maximum atomic E-state index is 13.8. The summed E-state index contributed by atoms with van der Waals surface area (Å²) in [5.41, 5.74) is 0.246. The number of carboxylic acids is 1. The number of carbonyl (C=O) groups is 1. The third-order valence-electron chi connectivity index (χ3n) is 2.71. The summed E-state index contributed by atoms with van der Waals surface area (Å²) in [6.45, 7) is 0. The van der Waals surface area contributed by atoms with Crippen molar-refractivity contribution in [3.05, 3.63) is 65.5 Å². The maximum Gasteiger partial charge on any atom is 0.335 e. The molecule has 4 nitrogen and oxygen atoms in total. The fourth-order valence-corrected chi connectivity index (χ4v) is 3.18. The summed E-state index contributed by atoms with van der Waals surface area (Å²) in [5.74, 6) is -2.70. The molecule has 0 saturated heterocycles. The molecule has 2 aromatic rings. The zero-order chi connectivity index (χ0) is 14.8. The number of benzene rings is 2. The van der Waals surface area contributed by atoms with Crippen molar-refractivity contribution >= 4 is 15.8 Å². The fraction of sp³-hybridized carbons (Fsp3) is 0.0714. The van der Waals surface area contributed by atoms with Crippen molar-refractivity contribution in [3.8, 4) is 0 Å². The van der Waals surface area contributed by atoms with Crippen LogP contribution in [0.25, 0.3) is 0 Å². The summed E-state index contributed by atoms with van der Waals surface area (Å²) in [4.78, 5) is 10.2. The first-order chi connectivity index (χ1) is 9.40. The quantitative estimate of drug-likeness (QED) is 0.940. The van der Waals surface area contributed by atoms with Crippen molar-refractivity contribution in [2.45, 2.75) is 10.6 Å². The van der Waals surface area contributed by atoms with Crippen molar-refractivity contribution in [2.24, 2.45) is 0 Å². The minimum atomic E-state index is -3.85. The lowest BCUT2D eigenvalue weighted by Crippen LogP contribution is -2.08. The van der Waals surface area contributed by atoms with Crippen molar-refractivity contribution in [1.29, 1.82) is 0 Å². The number of hydrogen-bond acceptors (Lipinski definition) is 3. The lowest BCUT2D eigenvalue weighted by atomic mass is 10.2. The molecule has 0 amide bonds. The van der Waals surface area contributed by atoms with Crippen LogP contribution >= 0.6 is 0 Å². The molecular formula is C14H11FO4S. The van der Waals surface area contributed by atoms with E-state index in [1.165, 1.54) is 0 Å². The van der Waals surface area contributed by atoms with E-state index < -0.39 is 26.5 Å². The first-order valence-electron chi connectivity index (χ1n) is 5.70. The van der Waals surface area contributed by atoms with Crippen LogP contribution in [0, 0.1) is 5.82 Å². The molecular weight excluding hydrogens is 283 g/mol. The minimum Gasteiger partial charge on any atom is -0.478 e. The first kappa shape index (κ1) is 14.2. The minimum absolute atomic E-state index is 0.291. The molecule has 0 spiro atoms. The van der Waals surface area contributed by atoms with Gasteiger partial charge >= 0.3 is 5.97 Å². The predicted molar refractivity (Wildman–Crippen MR) is 70.7 cm³/mol. The molecule has 0 saturated carbocycles. The van der Waals surface area contributed by atoms with Crippen molar-refractivity contribution < 1.29 is 22.7 Å². The van der Waals surface area contributed by atoms with Gasteiger partial charge < -0.3 is 5.11 Å². The van der Waals surface area contributed by atoms with Crippen LogP contribution in [0.1, 0.15) is 15.9 Å². The molecule has 0 radical (unpaired) electrons. The highest BCUT2D eigenvalue weighted by atomic mass is 32.2. The number of sulfone groups is 1. The van der Waals surface area contributed by atoms with Gasteiger partial charge in [-0.1, -0.05) is 30.3 Å². The number of rotatable bonds is 4. The molecule has 2 rings (SSSR count). The van der Waals surface area contributed by atoms with E-state index in [0.717, 1.165) is 12.1 Å². The molecule has 0 heterocycles. The average Bonchev–Trinajstić information content (AvgIpc) is 2.38. The van der Waals surface area contributed by atoms with Crippen LogP contribution in [0.15, 0.2) is 53.4 Å². The van der Waals surface area contributed by atoms with Gasteiger partial charge in [0.25, 0.3) is 0 Å². The summed E-state index contributed by atoms with van der Waals surface area (Å²) in [7, 11) is -3.85. The lowest BCUT2D eigenvalue weighted by Gasteiger charge is -2.06. The highest BCUT2D eigenvalue weighted by Gasteiger charge is 2.21. The SMILES string of the molecule is O=C(O)c1ccc(S(=O)(=O)Cc2ccccc2)c(F)c1. The van der Waals surface area contributed by atoms with Crippen LogP contribution in [0.3, 0.4) is 0 Å². The molecule has 20 heavy (non-hydrogen) atoms. The molecule has 1 N–H and O–H groups in total. The zero-order valence-electron chi connectivity index (χ0n) is 10.3. The van der Waals surface area contributed by atoms with Gasteiger partial charge in [-0.15, -0.1) is 0 Å². The third-order valence-corrected chi connectivity index (χ3v) is 4.43. The summed E-state index contributed by atoms with van der Waals surface area (Å²) < 4.78 is 38.0. The second-order valence-electron chi connectivity index (χ2n) is 4.20. The molecule has 104 valence electrons. The van der Waals surface area contributed by atoms with E-state index in [-0.39, 0.29) is 11.3 Å². The molecule has 0 unspecified atom stereocenters. The van der Waals surface area contributed by atoms with Crippen LogP contribution in [0.4, 0.5) is 4.39 Å². The summed E-state index contributed by atoms with van der Waals surface area (Å²) >= 11 is 0. The second kappa shape index (κ2) is 5.42. The van der Waals surface area contributed by atoms with Gasteiger partial charge in [-0.05, 0) is 23.8 Å². The van der Waals surface area contributed by atoms with Crippen molar-refractivity contribution in [1.82, 2.24) is 0 Å². The van der Waals surface area contributed by atoms with E-state index >= 15 is 0 Å². The van der Waals surface area contributed by atoms with Gasteiger partial charge in [0, 0.05) is 0 Å². The topological polar surface area (TPSA) is 71.4 Å². The fourth-order valence-electron chi connectivity index (χ4n) is 1.76. The van der Waals surface area contributed by atoms with Gasteiger partial charge in [0.05, 0.1) is 11.3 Å². The summed E-state index contributed by atoms with van der Waals surface area (Å²) in [5, 5.41) is 8.72. The Morgan fingerprint density at radius 1 is 1.10 bits per heavy atom. The normalized spacial score (nSPS) is 11.2. The Hall–Kier alpha value is -2.21.